The lowest BCUT2D eigenvalue weighted by atomic mass is 9.90. The number of hydrogen-bond acceptors (Lipinski definition) is 3. The first-order valence-electron chi connectivity index (χ1n) is 7.02. The van der Waals surface area contributed by atoms with E-state index in [4.69, 9.17) is 4.74 Å². The Bertz CT molecular complexity index is 208. The largest absolute Gasteiger partial charge is 0.380 e. The molecule has 1 saturated heterocycles. The van der Waals surface area contributed by atoms with Crippen molar-refractivity contribution in [2.75, 3.05) is 33.4 Å². The van der Waals surface area contributed by atoms with Crippen LogP contribution in [0.25, 0.3) is 0 Å². The molecule has 3 heteroatoms. The van der Waals surface area contributed by atoms with Crippen molar-refractivity contribution < 1.29 is 4.74 Å². The fourth-order valence-corrected chi connectivity index (χ4v) is 2.46. The van der Waals surface area contributed by atoms with Crippen molar-refractivity contribution in [2.24, 2.45) is 11.8 Å². The van der Waals surface area contributed by atoms with E-state index in [1.165, 1.54) is 13.0 Å². The predicted molar refractivity (Wildman–Crippen MR) is 73.3 cm³/mol. The molecule has 1 rings (SSSR count). The molecule has 17 heavy (non-hydrogen) atoms. The zero-order valence-corrected chi connectivity index (χ0v) is 12.2. The van der Waals surface area contributed by atoms with Crippen LogP contribution in [0.1, 0.15) is 34.1 Å². The van der Waals surface area contributed by atoms with Gasteiger partial charge in [0.1, 0.15) is 0 Å². The van der Waals surface area contributed by atoms with Crippen LogP contribution in [0, 0.1) is 11.8 Å². The van der Waals surface area contributed by atoms with Gasteiger partial charge in [0.15, 0.2) is 0 Å². The van der Waals surface area contributed by atoms with Gasteiger partial charge in [0, 0.05) is 31.8 Å². The minimum atomic E-state index is 0.636. The number of nitrogens with zero attached hydrogens (tertiary/aromatic N) is 1. The Morgan fingerprint density at radius 1 is 1.35 bits per heavy atom. The molecule has 0 spiro atoms. The van der Waals surface area contributed by atoms with Crippen molar-refractivity contribution in [3.8, 4) is 0 Å². The SMILES string of the molecule is CC(C)COCCNC1CC(C)N(C)CC1C. The molecule has 0 aromatic rings. The van der Waals surface area contributed by atoms with Crippen LogP contribution >= 0.6 is 0 Å². The van der Waals surface area contributed by atoms with Gasteiger partial charge in [-0.3, -0.25) is 0 Å². The van der Waals surface area contributed by atoms with Crippen molar-refractivity contribution in [2.45, 2.75) is 46.2 Å². The first kappa shape index (κ1) is 14.9. The highest BCUT2D eigenvalue weighted by Crippen LogP contribution is 2.20. The minimum absolute atomic E-state index is 0.636. The summed E-state index contributed by atoms with van der Waals surface area (Å²) in [6.07, 6.45) is 1.25. The van der Waals surface area contributed by atoms with E-state index < -0.39 is 0 Å². The van der Waals surface area contributed by atoms with Crippen molar-refractivity contribution >= 4 is 0 Å². The Balaban J connectivity index is 2.14. The molecule has 102 valence electrons. The highest BCUT2D eigenvalue weighted by atomic mass is 16.5. The smallest absolute Gasteiger partial charge is 0.0591 e. The van der Waals surface area contributed by atoms with E-state index in [9.17, 15) is 0 Å². The molecule has 0 amide bonds. The lowest BCUT2D eigenvalue weighted by Crippen LogP contribution is -2.51. The van der Waals surface area contributed by atoms with Crippen molar-refractivity contribution in [3.63, 3.8) is 0 Å². The minimum Gasteiger partial charge on any atom is -0.380 e. The normalized spacial score (nSPS) is 31.1. The van der Waals surface area contributed by atoms with Crippen LogP contribution in [-0.2, 0) is 4.74 Å². The first-order chi connectivity index (χ1) is 8.00. The van der Waals surface area contributed by atoms with Gasteiger partial charge in [-0.2, -0.15) is 0 Å². The summed E-state index contributed by atoms with van der Waals surface area (Å²) in [6, 6.07) is 1.35. The monoisotopic (exact) mass is 242 g/mol. The van der Waals surface area contributed by atoms with Crippen LogP contribution in [0.5, 0.6) is 0 Å². The molecular weight excluding hydrogens is 212 g/mol. The number of likely N-dealkylation sites (tertiary alicyclic amines) is 1. The van der Waals surface area contributed by atoms with Gasteiger partial charge in [0.2, 0.25) is 0 Å². The van der Waals surface area contributed by atoms with E-state index in [1.54, 1.807) is 0 Å². The molecule has 0 aromatic carbocycles. The Hall–Kier alpha value is -0.120. The van der Waals surface area contributed by atoms with Crippen LogP contribution < -0.4 is 5.32 Å². The highest BCUT2D eigenvalue weighted by Gasteiger charge is 2.28. The van der Waals surface area contributed by atoms with Gasteiger partial charge in [0.05, 0.1) is 6.61 Å². The summed E-state index contributed by atoms with van der Waals surface area (Å²) >= 11 is 0. The van der Waals surface area contributed by atoms with Crippen molar-refractivity contribution in [3.05, 3.63) is 0 Å². The average molecular weight is 242 g/mol. The van der Waals surface area contributed by atoms with E-state index in [2.05, 4.69) is 45.0 Å². The zero-order valence-electron chi connectivity index (χ0n) is 12.2. The van der Waals surface area contributed by atoms with Crippen LogP contribution in [0.15, 0.2) is 0 Å². The van der Waals surface area contributed by atoms with Gasteiger partial charge in [-0.15, -0.1) is 0 Å². The summed E-state index contributed by atoms with van der Waals surface area (Å²) in [4.78, 5) is 2.46. The highest BCUT2D eigenvalue weighted by molar-refractivity contribution is 4.85. The maximum Gasteiger partial charge on any atom is 0.0591 e. The third kappa shape index (κ3) is 5.36. The molecule has 0 bridgehead atoms. The van der Waals surface area contributed by atoms with E-state index in [1.807, 2.05) is 0 Å². The van der Waals surface area contributed by atoms with Crippen LogP contribution in [0.3, 0.4) is 0 Å². The van der Waals surface area contributed by atoms with Crippen molar-refractivity contribution in [1.29, 1.82) is 0 Å². The summed E-state index contributed by atoms with van der Waals surface area (Å²) in [6.45, 7) is 12.9. The molecule has 1 fully saturated rings. The quantitative estimate of drug-likeness (QED) is 0.721. The molecular formula is C14H30N2O. The summed E-state index contributed by atoms with van der Waals surface area (Å²) in [5.74, 6) is 1.37. The summed E-state index contributed by atoms with van der Waals surface area (Å²) in [5, 5.41) is 3.64. The molecule has 1 heterocycles. The second-order valence-corrected chi connectivity index (χ2v) is 6.03. The van der Waals surface area contributed by atoms with Crippen LogP contribution in [0.2, 0.25) is 0 Å². The molecule has 0 aromatic heterocycles. The zero-order chi connectivity index (χ0) is 12.8. The molecule has 1 aliphatic heterocycles. The van der Waals surface area contributed by atoms with E-state index >= 15 is 0 Å². The maximum atomic E-state index is 5.60. The molecule has 1 N–H and O–H groups in total. The first-order valence-corrected chi connectivity index (χ1v) is 7.02. The third-order valence-electron chi connectivity index (χ3n) is 3.71. The Labute approximate surface area is 107 Å². The Kier molecular flexibility index (Phi) is 6.45. The van der Waals surface area contributed by atoms with Gasteiger partial charge in [0.25, 0.3) is 0 Å². The van der Waals surface area contributed by atoms with E-state index in [0.29, 0.717) is 18.0 Å². The van der Waals surface area contributed by atoms with Gasteiger partial charge in [-0.05, 0) is 32.2 Å². The van der Waals surface area contributed by atoms with E-state index in [-0.39, 0.29) is 0 Å². The standard InChI is InChI=1S/C14H30N2O/c1-11(2)10-17-7-6-15-14-8-13(4)16(5)9-12(14)3/h11-15H,6-10H2,1-5H3. The second-order valence-electron chi connectivity index (χ2n) is 6.03. The number of piperidine rings is 1. The Morgan fingerprint density at radius 3 is 2.71 bits per heavy atom. The molecule has 1 aliphatic rings. The summed E-state index contributed by atoms with van der Waals surface area (Å²) in [7, 11) is 2.23. The second kappa shape index (κ2) is 7.34. The van der Waals surface area contributed by atoms with Gasteiger partial charge in [-0.25, -0.2) is 0 Å². The lowest BCUT2D eigenvalue weighted by molar-refractivity contribution is 0.0921. The van der Waals surface area contributed by atoms with E-state index in [0.717, 1.165) is 25.7 Å². The topological polar surface area (TPSA) is 24.5 Å². The molecule has 3 atom stereocenters. The Morgan fingerprint density at radius 2 is 2.06 bits per heavy atom. The van der Waals surface area contributed by atoms with Crippen LogP contribution in [-0.4, -0.2) is 50.3 Å². The fraction of sp³-hybridized carbons (Fsp3) is 1.00. The fourth-order valence-electron chi connectivity index (χ4n) is 2.46. The number of ether oxygens (including phenoxy) is 1. The molecule has 0 aliphatic carbocycles. The number of hydrogen-bond donors (Lipinski definition) is 1. The number of rotatable bonds is 6. The predicted octanol–water partition coefficient (Wildman–Crippen LogP) is 1.98. The molecule has 3 unspecified atom stereocenters. The van der Waals surface area contributed by atoms with Crippen LogP contribution in [0.4, 0.5) is 0 Å². The van der Waals surface area contributed by atoms with Gasteiger partial charge >= 0.3 is 0 Å². The van der Waals surface area contributed by atoms with Gasteiger partial charge in [-0.1, -0.05) is 20.8 Å². The van der Waals surface area contributed by atoms with Gasteiger partial charge < -0.3 is 15.0 Å². The summed E-state index contributed by atoms with van der Waals surface area (Å²) in [5.41, 5.74) is 0. The third-order valence-corrected chi connectivity index (χ3v) is 3.71. The van der Waals surface area contributed by atoms with Crippen molar-refractivity contribution in [1.82, 2.24) is 10.2 Å². The average Bonchev–Trinajstić information content (AvgIpc) is 2.24. The number of nitrogens with one attached hydrogen (secondary N) is 1. The maximum absolute atomic E-state index is 5.60. The lowest BCUT2D eigenvalue weighted by Gasteiger charge is -2.40. The molecule has 3 nitrogen and oxygen atoms in total. The summed E-state index contributed by atoms with van der Waals surface area (Å²) < 4.78 is 5.60. The molecule has 0 radical (unpaired) electrons. The molecule has 0 saturated carbocycles.